The number of nitrogens with zero attached hydrogens (tertiary/aromatic N) is 2. The van der Waals surface area contributed by atoms with Crippen molar-refractivity contribution in [3.05, 3.63) is 59.4 Å². The Bertz CT molecular complexity index is 467. The van der Waals surface area contributed by atoms with Crippen molar-refractivity contribution in [2.24, 2.45) is 10.2 Å². The zero-order chi connectivity index (χ0) is 14.8. The van der Waals surface area contributed by atoms with Crippen LogP contribution in [0.4, 0.5) is 0 Å². The number of hydrogen-bond acceptors (Lipinski definition) is 4. The van der Waals surface area contributed by atoms with Gasteiger partial charge in [0.2, 0.25) is 0 Å². The van der Waals surface area contributed by atoms with E-state index in [-0.39, 0.29) is 5.76 Å². The van der Waals surface area contributed by atoms with Gasteiger partial charge in [0.25, 0.3) is 0 Å². The van der Waals surface area contributed by atoms with Gasteiger partial charge in [0.15, 0.2) is 0 Å². The molecule has 0 aromatic carbocycles. The summed E-state index contributed by atoms with van der Waals surface area (Å²) >= 11 is 0. The second kappa shape index (κ2) is 8.91. The third kappa shape index (κ3) is 7.76. The smallest absolute Gasteiger partial charge is 0.111 e. The van der Waals surface area contributed by atoms with Gasteiger partial charge in [0, 0.05) is 6.42 Å². The van der Waals surface area contributed by atoms with Gasteiger partial charge in [-0.3, -0.25) is 0 Å². The van der Waals surface area contributed by atoms with E-state index >= 15 is 0 Å². The molecule has 0 saturated carbocycles. The molecule has 0 aromatic rings. The molecule has 0 atom stereocenters. The number of aliphatic hydroxyl groups is 2. The maximum Gasteiger partial charge on any atom is 0.111 e. The molecule has 0 radical (unpaired) electrons. The van der Waals surface area contributed by atoms with E-state index in [0.717, 1.165) is 5.57 Å². The number of aliphatic hydroxyl groups excluding tert-OH is 2. The molecule has 0 bridgehead atoms. The van der Waals surface area contributed by atoms with Crippen molar-refractivity contribution in [3.63, 3.8) is 0 Å². The average Bonchev–Trinajstić information content (AvgIpc) is 2.41. The molecule has 0 unspecified atom stereocenters. The summed E-state index contributed by atoms with van der Waals surface area (Å²) in [6.45, 7) is 10.9. The van der Waals surface area contributed by atoms with E-state index in [1.807, 2.05) is 13.8 Å². The van der Waals surface area contributed by atoms with Gasteiger partial charge in [-0.25, -0.2) is 0 Å². The van der Waals surface area contributed by atoms with Crippen LogP contribution in [-0.2, 0) is 0 Å². The molecule has 4 heteroatoms. The van der Waals surface area contributed by atoms with Crippen molar-refractivity contribution in [2.75, 3.05) is 0 Å². The average molecular weight is 262 g/mol. The van der Waals surface area contributed by atoms with Crippen LogP contribution in [0, 0.1) is 0 Å². The summed E-state index contributed by atoms with van der Waals surface area (Å²) < 4.78 is 0. The van der Waals surface area contributed by atoms with Crippen LogP contribution >= 0.6 is 0 Å². The molecule has 0 aromatic heterocycles. The summed E-state index contributed by atoms with van der Waals surface area (Å²) in [5.74, 6) is 0.488. The van der Waals surface area contributed by atoms with E-state index in [4.69, 9.17) is 0 Å². The monoisotopic (exact) mass is 262 g/mol. The standard InChI is InChI=1S/C15H22N2O2/c1-6-14(18)9-8-12(4)16-17-13(5)10-11(3)15(19)7-2/h6,8-10,18-19H,4,7H2,1-3,5H3/b9-8-,13-10+,14-6+,15-11+,17-16+. The molecule has 0 aliphatic carbocycles. The lowest BCUT2D eigenvalue weighted by atomic mass is 10.2. The summed E-state index contributed by atoms with van der Waals surface area (Å²) in [7, 11) is 0. The molecule has 104 valence electrons. The van der Waals surface area contributed by atoms with E-state index < -0.39 is 0 Å². The highest BCUT2D eigenvalue weighted by molar-refractivity contribution is 5.23. The fourth-order valence-corrected chi connectivity index (χ4v) is 1.16. The normalized spacial score (nSPS) is 15.2. The van der Waals surface area contributed by atoms with Crippen LogP contribution in [0.1, 0.15) is 34.1 Å². The molecule has 0 spiro atoms. The van der Waals surface area contributed by atoms with Crippen molar-refractivity contribution in [1.29, 1.82) is 0 Å². The molecule has 0 aliphatic heterocycles. The first-order chi connectivity index (χ1) is 8.90. The van der Waals surface area contributed by atoms with Crippen molar-refractivity contribution >= 4 is 0 Å². The Labute approximate surface area is 114 Å². The largest absolute Gasteiger partial charge is 0.512 e. The number of rotatable bonds is 6. The highest BCUT2D eigenvalue weighted by atomic mass is 16.3. The highest BCUT2D eigenvalue weighted by Gasteiger charge is 1.95. The van der Waals surface area contributed by atoms with Gasteiger partial charge in [-0.2, -0.15) is 10.2 Å². The van der Waals surface area contributed by atoms with Crippen LogP contribution in [0.5, 0.6) is 0 Å². The molecule has 2 N–H and O–H groups in total. The minimum absolute atomic E-state index is 0.148. The van der Waals surface area contributed by atoms with E-state index in [1.165, 1.54) is 6.08 Å². The van der Waals surface area contributed by atoms with Crippen LogP contribution in [0.25, 0.3) is 0 Å². The predicted molar refractivity (Wildman–Crippen MR) is 78.9 cm³/mol. The summed E-state index contributed by atoms with van der Waals surface area (Å²) in [4.78, 5) is 0. The molecule has 0 fully saturated rings. The Morgan fingerprint density at radius 2 is 1.79 bits per heavy atom. The molecular weight excluding hydrogens is 240 g/mol. The van der Waals surface area contributed by atoms with Crippen molar-refractivity contribution in [2.45, 2.75) is 34.1 Å². The van der Waals surface area contributed by atoms with Gasteiger partial charge in [-0.05, 0) is 50.6 Å². The molecular formula is C15H22N2O2. The first-order valence-corrected chi connectivity index (χ1v) is 6.11. The predicted octanol–water partition coefficient (Wildman–Crippen LogP) is 5.12. The fraction of sp³-hybridized carbons (Fsp3) is 0.333. The summed E-state index contributed by atoms with van der Waals surface area (Å²) in [5.41, 5.74) is 1.87. The number of azo groups is 1. The first-order valence-electron chi connectivity index (χ1n) is 6.11. The van der Waals surface area contributed by atoms with E-state index in [2.05, 4.69) is 16.8 Å². The van der Waals surface area contributed by atoms with Crippen LogP contribution in [0.3, 0.4) is 0 Å². The van der Waals surface area contributed by atoms with Gasteiger partial charge in [0.1, 0.15) is 5.76 Å². The summed E-state index contributed by atoms with van der Waals surface area (Å²) in [5, 5.41) is 26.6. The quantitative estimate of drug-likeness (QED) is 0.396. The number of hydrogen-bond donors (Lipinski definition) is 2. The zero-order valence-electron chi connectivity index (χ0n) is 12.0. The van der Waals surface area contributed by atoms with Gasteiger partial charge in [0.05, 0.1) is 17.2 Å². The first kappa shape index (κ1) is 16.9. The lowest BCUT2D eigenvalue weighted by Crippen LogP contribution is -1.83. The van der Waals surface area contributed by atoms with Crippen LogP contribution < -0.4 is 0 Å². The second-order valence-electron chi connectivity index (χ2n) is 4.01. The van der Waals surface area contributed by atoms with E-state index in [0.29, 0.717) is 23.6 Å². The molecule has 19 heavy (non-hydrogen) atoms. The molecule has 0 rings (SSSR count). The van der Waals surface area contributed by atoms with Gasteiger partial charge < -0.3 is 10.2 Å². The topological polar surface area (TPSA) is 65.2 Å². The molecule has 0 heterocycles. The van der Waals surface area contributed by atoms with E-state index in [1.54, 1.807) is 32.1 Å². The second-order valence-corrected chi connectivity index (χ2v) is 4.01. The molecule has 4 nitrogen and oxygen atoms in total. The SMILES string of the molecule is C=C(/C=C\C(O)=C/C)/N=N/C(C)=C/C(C)=C(/O)CC. The van der Waals surface area contributed by atoms with Crippen LogP contribution in [0.2, 0.25) is 0 Å². The third-order valence-electron chi connectivity index (χ3n) is 2.29. The lowest BCUT2D eigenvalue weighted by molar-refractivity contribution is 0.389. The Morgan fingerprint density at radius 3 is 2.32 bits per heavy atom. The highest BCUT2D eigenvalue weighted by Crippen LogP contribution is 2.11. The molecule has 0 saturated heterocycles. The molecule has 0 aliphatic rings. The Kier molecular flexibility index (Phi) is 7.93. The van der Waals surface area contributed by atoms with Gasteiger partial charge in [-0.1, -0.05) is 13.5 Å². The van der Waals surface area contributed by atoms with Crippen molar-refractivity contribution in [1.82, 2.24) is 0 Å². The minimum Gasteiger partial charge on any atom is -0.512 e. The Balaban J connectivity index is 4.70. The van der Waals surface area contributed by atoms with E-state index in [9.17, 15) is 10.2 Å². The maximum absolute atomic E-state index is 9.53. The van der Waals surface area contributed by atoms with Gasteiger partial charge in [-0.15, -0.1) is 0 Å². The Hall–Kier alpha value is -2.10. The van der Waals surface area contributed by atoms with Crippen molar-refractivity contribution in [3.8, 4) is 0 Å². The Morgan fingerprint density at radius 1 is 1.16 bits per heavy atom. The lowest BCUT2D eigenvalue weighted by Gasteiger charge is -1.98. The van der Waals surface area contributed by atoms with Crippen LogP contribution in [-0.4, -0.2) is 10.2 Å². The van der Waals surface area contributed by atoms with Gasteiger partial charge >= 0.3 is 0 Å². The zero-order valence-corrected chi connectivity index (χ0v) is 12.0. The fourth-order valence-electron chi connectivity index (χ4n) is 1.16. The summed E-state index contributed by atoms with van der Waals surface area (Å²) in [6, 6.07) is 0. The third-order valence-corrected chi connectivity index (χ3v) is 2.29. The minimum atomic E-state index is 0.148. The van der Waals surface area contributed by atoms with Crippen LogP contribution in [0.15, 0.2) is 69.6 Å². The maximum atomic E-state index is 9.53. The summed E-state index contributed by atoms with van der Waals surface area (Å²) in [6.07, 6.45) is 6.97. The molecule has 0 amide bonds. The van der Waals surface area contributed by atoms with Crippen molar-refractivity contribution < 1.29 is 10.2 Å². The number of allylic oxidation sites excluding steroid dienone is 7.